The van der Waals surface area contributed by atoms with Crippen molar-refractivity contribution in [3.05, 3.63) is 20.1 Å². The lowest BCUT2D eigenvalue weighted by Crippen LogP contribution is -2.13. The van der Waals surface area contributed by atoms with Crippen LogP contribution >= 0.6 is 23.5 Å². The molecule has 0 radical (unpaired) electrons. The van der Waals surface area contributed by atoms with Crippen LogP contribution in [0.3, 0.4) is 0 Å². The molecule has 0 spiro atoms. The fourth-order valence-electron chi connectivity index (χ4n) is 0.888. The van der Waals surface area contributed by atoms with Crippen LogP contribution in [0.5, 0.6) is 0 Å². The summed E-state index contributed by atoms with van der Waals surface area (Å²) in [5.74, 6) is -0.536. The number of carbonyl (C=O) groups excluding carboxylic acids is 1. The van der Waals surface area contributed by atoms with Crippen LogP contribution in [-0.4, -0.2) is 12.1 Å². The second-order valence-electron chi connectivity index (χ2n) is 3.18. The van der Waals surface area contributed by atoms with Crippen molar-refractivity contribution in [3.63, 3.8) is 0 Å². The van der Waals surface area contributed by atoms with Crippen LogP contribution in [0.25, 0.3) is 0 Å². The average molecular weight is 241 g/mol. The first-order valence-corrected chi connectivity index (χ1v) is 6.11. The fourth-order valence-corrected chi connectivity index (χ4v) is 3.00. The first-order valence-electron chi connectivity index (χ1n) is 4.41. The van der Waals surface area contributed by atoms with E-state index in [2.05, 4.69) is 0 Å². The molecule has 0 aliphatic carbocycles. The highest BCUT2D eigenvalue weighted by Crippen LogP contribution is 2.45. The summed E-state index contributed by atoms with van der Waals surface area (Å²) in [6, 6.07) is 1.90. The molecule has 0 aromatic rings. The average Bonchev–Trinajstić information content (AvgIpc) is 2.51. The number of carbonyl (C=O) groups is 1. The van der Waals surface area contributed by atoms with Gasteiger partial charge in [-0.05, 0) is 31.1 Å². The number of esters is 1. The van der Waals surface area contributed by atoms with Crippen molar-refractivity contribution in [1.29, 1.82) is 5.26 Å². The minimum Gasteiger partial charge on any atom is -0.459 e. The van der Waals surface area contributed by atoms with Gasteiger partial charge in [0.15, 0.2) is 5.57 Å². The van der Waals surface area contributed by atoms with E-state index in [0.717, 1.165) is 4.91 Å². The van der Waals surface area contributed by atoms with E-state index in [1.807, 2.05) is 18.4 Å². The number of allylic oxidation sites excluding steroid dienone is 1. The van der Waals surface area contributed by atoms with Gasteiger partial charge in [0, 0.05) is 0 Å². The molecule has 0 unspecified atom stereocenters. The zero-order valence-corrected chi connectivity index (χ0v) is 10.4. The number of nitrogens with zero attached hydrogens (tertiary/aromatic N) is 1. The molecule has 0 N–H and O–H groups in total. The fraction of sp³-hybridized carbons (Fsp3) is 0.400. The third kappa shape index (κ3) is 3.33. The van der Waals surface area contributed by atoms with E-state index < -0.39 is 5.97 Å². The molecule has 0 saturated carbocycles. The number of hydrogen-bond donors (Lipinski definition) is 0. The number of thioether (sulfide) groups is 2. The molecule has 80 valence electrons. The molecule has 1 aliphatic rings. The quantitative estimate of drug-likeness (QED) is 0.422. The molecule has 5 heteroatoms. The van der Waals surface area contributed by atoms with Crippen molar-refractivity contribution in [2.45, 2.75) is 26.9 Å². The number of hydrogen-bond acceptors (Lipinski definition) is 5. The van der Waals surface area contributed by atoms with Gasteiger partial charge in [-0.25, -0.2) is 4.79 Å². The Labute approximate surface area is 97.6 Å². The number of rotatable bonds is 2. The normalized spacial score (nSPS) is 18.5. The van der Waals surface area contributed by atoms with E-state index in [9.17, 15) is 4.79 Å². The highest BCUT2D eigenvalue weighted by molar-refractivity contribution is 8.28. The summed E-state index contributed by atoms with van der Waals surface area (Å²) in [4.78, 5) is 12.6. The third-order valence-corrected chi connectivity index (χ3v) is 3.86. The predicted molar refractivity (Wildman–Crippen MR) is 62.8 cm³/mol. The van der Waals surface area contributed by atoms with Crippen LogP contribution in [-0.2, 0) is 9.53 Å². The van der Waals surface area contributed by atoms with Crippen molar-refractivity contribution in [3.8, 4) is 6.07 Å². The van der Waals surface area contributed by atoms with Gasteiger partial charge in [-0.2, -0.15) is 5.26 Å². The van der Waals surface area contributed by atoms with Crippen LogP contribution in [0.4, 0.5) is 0 Å². The van der Waals surface area contributed by atoms with Crippen molar-refractivity contribution < 1.29 is 9.53 Å². The van der Waals surface area contributed by atoms with E-state index in [1.54, 1.807) is 13.8 Å². The summed E-state index contributed by atoms with van der Waals surface area (Å²) < 4.78 is 5.69. The Hall–Kier alpha value is -0.860. The van der Waals surface area contributed by atoms with Gasteiger partial charge in [-0.3, -0.25) is 0 Å². The molecule has 15 heavy (non-hydrogen) atoms. The SMILES string of the molecule is CC1=CS/C(=C(/C#N)C(=O)OC(C)C)S1. The lowest BCUT2D eigenvalue weighted by atomic mass is 10.3. The number of nitriles is 1. The maximum Gasteiger partial charge on any atom is 0.350 e. The highest BCUT2D eigenvalue weighted by atomic mass is 32.2. The van der Waals surface area contributed by atoms with E-state index >= 15 is 0 Å². The van der Waals surface area contributed by atoms with Crippen LogP contribution in [0, 0.1) is 11.3 Å². The second-order valence-corrected chi connectivity index (χ2v) is 5.57. The van der Waals surface area contributed by atoms with Crippen LogP contribution < -0.4 is 0 Å². The van der Waals surface area contributed by atoms with Gasteiger partial charge in [0.25, 0.3) is 0 Å². The largest absolute Gasteiger partial charge is 0.459 e. The maximum absolute atomic E-state index is 11.5. The first-order chi connectivity index (χ1) is 7.04. The minimum absolute atomic E-state index is 0.104. The lowest BCUT2D eigenvalue weighted by molar-refractivity contribution is -0.142. The van der Waals surface area contributed by atoms with Crippen molar-refractivity contribution >= 4 is 29.5 Å². The molecule has 0 bridgehead atoms. The van der Waals surface area contributed by atoms with Gasteiger partial charge >= 0.3 is 5.97 Å². The summed E-state index contributed by atoms with van der Waals surface area (Å²) in [7, 11) is 0. The van der Waals surface area contributed by atoms with E-state index in [4.69, 9.17) is 10.00 Å². The Morgan fingerprint density at radius 3 is 2.67 bits per heavy atom. The minimum atomic E-state index is -0.536. The van der Waals surface area contributed by atoms with Crippen LogP contribution in [0.15, 0.2) is 20.1 Å². The Kier molecular flexibility index (Phi) is 4.30. The number of ether oxygens (including phenoxy) is 1. The Morgan fingerprint density at radius 2 is 2.27 bits per heavy atom. The van der Waals surface area contributed by atoms with Crippen molar-refractivity contribution in [1.82, 2.24) is 0 Å². The molecule has 0 atom stereocenters. The molecule has 3 nitrogen and oxygen atoms in total. The Bertz CT molecular complexity index is 377. The van der Waals surface area contributed by atoms with Crippen molar-refractivity contribution in [2.24, 2.45) is 0 Å². The van der Waals surface area contributed by atoms with Crippen molar-refractivity contribution in [2.75, 3.05) is 0 Å². The standard InChI is InChI=1S/C10H11NO2S2/c1-6(2)13-9(12)8(4-11)10-14-5-7(3)15-10/h5-6H,1-3H3/b10-8+. The summed E-state index contributed by atoms with van der Waals surface area (Å²) in [6.45, 7) is 5.46. The zero-order valence-electron chi connectivity index (χ0n) is 8.73. The molecule has 0 amide bonds. The molecular weight excluding hydrogens is 230 g/mol. The molecular formula is C10H11NO2S2. The molecule has 1 heterocycles. The van der Waals surface area contributed by atoms with Gasteiger partial charge in [0.05, 0.1) is 10.3 Å². The molecule has 0 aromatic carbocycles. The van der Waals surface area contributed by atoms with Gasteiger partial charge in [-0.15, -0.1) is 0 Å². The molecule has 1 aliphatic heterocycles. The topological polar surface area (TPSA) is 50.1 Å². The summed E-state index contributed by atoms with van der Waals surface area (Å²) in [5, 5.41) is 10.8. The van der Waals surface area contributed by atoms with Gasteiger partial charge in [0.2, 0.25) is 0 Å². The van der Waals surface area contributed by atoms with Gasteiger partial charge in [-0.1, -0.05) is 23.5 Å². The summed E-state index contributed by atoms with van der Waals surface area (Å²) >= 11 is 2.83. The second kappa shape index (κ2) is 5.29. The molecule has 0 saturated heterocycles. The smallest absolute Gasteiger partial charge is 0.350 e. The predicted octanol–water partition coefficient (Wildman–Crippen LogP) is 3.01. The monoisotopic (exact) mass is 241 g/mol. The molecule has 0 aromatic heterocycles. The van der Waals surface area contributed by atoms with E-state index in [-0.39, 0.29) is 11.7 Å². The van der Waals surface area contributed by atoms with E-state index in [0.29, 0.717) is 4.24 Å². The van der Waals surface area contributed by atoms with E-state index in [1.165, 1.54) is 23.5 Å². The third-order valence-electron chi connectivity index (χ3n) is 1.45. The molecule has 0 fully saturated rings. The van der Waals surface area contributed by atoms with Gasteiger partial charge in [0.1, 0.15) is 6.07 Å². The highest BCUT2D eigenvalue weighted by Gasteiger charge is 2.21. The van der Waals surface area contributed by atoms with Crippen LogP contribution in [0.2, 0.25) is 0 Å². The summed E-state index contributed by atoms with van der Waals surface area (Å²) in [5.41, 5.74) is 0.104. The van der Waals surface area contributed by atoms with Gasteiger partial charge < -0.3 is 4.74 Å². The first kappa shape index (κ1) is 12.2. The zero-order chi connectivity index (χ0) is 11.4. The molecule has 1 rings (SSSR count). The maximum atomic E-state index is 11.5. The Morgan fingerprint density at radius 1 is 1.60 bits per heavy atom. The lowest BCUT2D eigenvalue weighted by Gasteiger charge is -2.07. The Balaban J connectivity index is 2.82. The van der Waals surface area contributed by atoms with Crippen LogP contribution in [0.1, 0.15) is 20.8 Å². The summed E-state index contributed by atoms with van der Waals surface area (Å²) in [6.07, 6.45) is -0.202.